The van der Waals surface area contributed by atoms with Crippen LogP contribution in [-0.2, 0) is 11.5 Å². The molecule has 0 N–H and O–H groups in total. The highest BCUT2D eigenvalue weighted by Crippen LogP contribution is 2.27. The number of aromatic nitrogens is 2. The predicted molar refractivity (Wildman–Crippen MR) is 101 cm³/mol. The monoisotopic (exact) mass is 359 g/mol. The summed E-state index contributed by atoms with van der Waals surface area (Å²) >= 11 is 1.87. The Bertz CT molecular complexity index is 738. The third-order valence-electron chi connectivity index (χ3n) is 4.84. The first-order valence-electron chi connectivity index (χ1n) is 8.64. The van der Waals surface area contributed by atoms with Crippen LogP contribution in [0.1, 0.15) is 35.4 Å². The Kier molecular flexibility index (Phi) is 5.68. The predicted octanol–water partition coefficient (Wildman–Crippen LogP) is 3.79. The van der Waals surface area contributed by atoms with Gasteiger partial charge in [-0.1, -0.05) is 25.1 Å². The molecule has 6 heteroatoms. The van der Waals surface area contributed by atoms with Crippen molar-refractivity contribution in [1.82, 2.24) is 14.5 Å². The van der Waals surface area contributed by atoms with Gasteiger partial charge >= 0.3 is 6.09 Å². The molecule has 0 bridgehead atoms. The first-order chi connectivity index (χ1) is 12.1. The summed E-state index contributed by atoms with van der Waals surface area (Å²) in [6.07, 6.45) is 3.40. The average molecular weight is 359 g/mol. The van der Waals surface area contributed by atoms with E-state index < -0.39 is 0 Å². The van der Waals surface area contributed by atoms with Crippen molar-refractivity contribution in [2.75, 3.05) is 24.6 Å². The number of amides is 1. The molecule has 5 nitrogen and oxygen atoms in total. The molecule has 25 heavy (non-hydrogen) atoms. The molecule has 2 aromatic rings. The number of rotatable bonds is 4. The van der Waals surface area contributed by atoms with Crippen LogP contribution in [0, 0.1) is 13.8 Å². The molecule has 1 atom stereocenters. The van der Waals surface area contributed by atoms with E-state index in [1.807, 2.05) is 22.5 Å². The fraction of sp³-hybridized carbons (Fsp3) is 0.474. The summed E-state index contributed by atoms with van der Waals surface area (Å²) in [5, 5.41) is 0. The average Bonchev–Trinajstić information content (AvgIpc) is 3.10. The fourth-order valence-electron chi connectivity index (χ4n) is 3.15. The van der Waals surface area contributed by atoms with Crippen molar-refractivity contribution in [2.45, 2.75) is 33.4 Å². The summed E-state index contributed by atoms with van der Waals surface area (Å²) in [7, 11) is 0. The first-order valence-corrected chi connectivity index (χ1v) is 9.80. The molecular weight excluding hydrogens is 334 g/mol. The van der Waals surface area contributed by atoms with Gasteiger partial charge in [-0.3, -0.25) is 0 Å². The van der Waals surface area contributed by atoms with Gasteiger partial charge in [0.05, 0.1) is 0 Å². The summed E-state index contributed by atoms with van der Waals surface area (Å²) in [5.41, 5.74) is 3.82. The van der Waals surface area contributed by atoms with Crippen molar-refractivity contribution in [1.29, 1.82) is 0 Å². The minimum Gasteiger partial charge on any atom is -0.428 e. The van der Waals surface area contributed by atoms with Crippen LogP contribution in [0.15, 0.2) is 30.6 Å². The normalized spacial score (nSPS) is 15.9. The highest BCUT2D eigenvalue weighted by atomic mass is 32.2. The van der Waals surface area contributed by atoms with Gasteiger partial charge < -0.3 is 14.2 Å². The molecular formula is C19H25N3O2S. The number of carbonyl (C=O) groups is 1. The summed E-state index contributed by atoms with van der Waals surface area (Å²) in [6, 6.07) is 6.34. The smallest absolute Gasteiger partial charge is 0.411 e. The summed E-state index contributed by atoms with van der Waals surface area (Å²) < 4.78 is 7.43. The van der Waals surface area contributed by atoms with Gasteiger partial charge in [-0.15, -0.1) is 0 Å². The van der Waals surface area contributed by atoms with Gasteiger partial charge in [-0.25, -0.2) is 9.78 Å². The van der Waals surface area contributed by atoms with Crippen molar-refractivity contribution in [3.05, 3.63) is 53.1 Å². The molecule has 1 aliphatic heterocycles. The van der Waals surface area contributed by atoms with Crippen LogP contribution in [0.25, 0.3) is 0 Å². The Hall–Kier alpha value is -1.95. The van der Waals surface area contributed by atoms with Crippen LogP contribution in [-0.4, -0.2) is 45.1 Å². The second-order valence-electron chi connectivity index (χ2n) is 6.40. The Balaban J connectivity index is 1.69. The van der Waals surface area contributed by atoms with Crippen molar-refractivity contribution in [3.63, 3.8) is 0 Å². The lowest BCUT2D eigenvalue weighted by Gasteiger charge is -2.26. The highest BCUT2D eigenvalue weighted by Gasteiger charge is 2.20. The van der Waals surface area contributed by atoms with Crippen LogP contribution in [0.2, 0.25) is 0 Å². The first kappa shape index (κ1) is 17.9. The third-order valence-corrected chi connectivity index (χ3v) is 5.79. The maximum Gasteiger partial charge on any atom is 0.411 e. The maximum atomic E-state index is 12.2. The van der Waals surface area contributed by atoms with E-state index in [1.165, 1.54) is 16.7 Å². The Morgan fingerprint density at radius 3 is 2.84 bits per heavy atom. The zero-order valence-corrected chi connectivity index (χ0v) is 15.9. The standard InChI is InChI=1S/C19H25N3O2S/c1-14-5-4-6-17(15(14)2)16(3)18-20-7-8-22(18)13-24-19(23)21-9-11-25-12-10-21/h4-8,16H,9-13H2,1-3H3. The van der Waals surface area contributed by atoms with Gasteiger partial charge in [-0.2, -0.15) is 11.8 Å². The molecule has 1 fully saturated rings. The number of nitrogens with zero attached hydrogens (tertiary/aromatic N) is 3. The molecule has 3 rings (SSSR count). The Morgan fingerprint density at radius 2 is 2.08 bits per heavy atom. The number of thioether (sulfide) groups is 1. The Morgan fingerprint density at radius 1 is 1.32 bits per heavy atom. The number of hydrogen-bond donors (Lipinski definition) is 0. The minimum absolute atomic E-state index is 0.139. The van der Waals surface area contributed by atoms with Crippen LogP contribution in [0.4, 0.5) is 4.79 Å². The molecule has 2 heterocycles. The van der Waals surface area contributed by atoms with Gasteiger partial charge in [0.25, 0.3) is 0 Å². The maximum absolute atomic E-state index is 12.2. The molecule has 1 aromatic carbocycles. The number of hydrogen-bond acceptors (Lipinski definition) is 4. The van der Waals surface area contributed by atoms with Crippen molar-refractivity contribution >= 4 is 17.9 Å². The molecule has 1 saturated heterocycles. The number of benzene rings is 1. The molecule has 1 amide bonds. The van der Waals surface area contributed by atoms with E-state index in [0.29, 0.717) is 0 Å². The van der Waals surface area contributed by atoms with E-state index in [2.05, 4.69) is 44.0 Å². The van der Waals surface area contributed by atoms with E-state index >= 15 is 0 Å². The molecule has 0 spiro atoms. The lowest BCUT2D eigenvalue weighted by Crippen LogP contribution is -2.38. The van der Waals surface area contributed by atoms with E-state index in [-0.39, 0.29) is 18.7 Å². The molecule has 134 valence electrons. The number of ether oxygens (including phenoxy) is 1. The van der Waals surface area contributed by atoms with E-state index in [4.69, 9.17) is 4.74 Å². The molecule has 0 aliphatic carbocycles. The van der Waals surface area contributed by atoms with Crippen molar-refractivity contribution in [2.24, 2.45) is 0 Å². The van der Waals surface area contributed by atoms with Crippen LogP contribution in [0.5, 0.6) is 0 Å². The van der Waals surface area contributed by atoms with Crippen LogP contribution in [0.3, 0.4) is 0 Å². The third kappa shape index (κ3) is 4.00. The van der Waals surface area contributed by atoms with Crippen LogP contribution < -0.4 is 0 Å². The molecule has 0 saturated carbocycles. The van der Waals surface area contributed by atoms with Gasteiger partial charge in [0, 0.05) is 42.9 Å². The minimum atomic E-state index is -0.237. The SMILES string of the molecule is Cc1cccc(C(C)c2nccn2COC(=O)N2CCSCC2)c1C. The van der Waals surface area contributed by atoms with E-state index in [9.17, 15) is 4.79 Å². The van der Waals surface area contributed by atoms with Gasteiger partial charge in [0.2, 0.25) is 0 Å². The number of carbonyl (C=O) groups excluding carboxylic acids is 1. The molecule has 0 radical (unpaired) electrons. The molecule has 1 unspecified atom stereocenters. The topological polar surface area (TPSA) is 47.4 Å². The van der Waals surface area contributed by atoms with Crippen molar-refractivity contribution < 1.29 is 9.53 Å². The van der Waals surface area contributed by atoms with E-state index in [0.717, 1.165) is 30.4 Å². The zero-order valence-electron chi connectivity index (χ0n) is 15.1. The highest BCUT2D eigenvalue weighted by molar-refractivity contribution is 7.99. The number of aryl methyl sites for hydroxylation is 1. The van der Waals surface area contributed by atoms with Gasteiger partial charge in [0.15, 0.2) is 6.73 Å². The van der Waals surface area contributed by atoms with Crippen molar-refractivity contribution in [3.8, 4) is 0 Å². The molecule has 1 aromatic heterocycles. The van der Waals surface area contributed by atoms with Crippen LogP contribution >= 0.6 is 11.8 Å². The molecule has 1 aliphatic rings. The second-order valence-corrected chi connectivity index (χ2v) is 7.63. The lowest BCUT2D eigenvalue weighted by molar-refractivity contribution is 0.0773. The fourth-order valence-corrected chi connectivity index (χ4v) is 4.06. The number of imidazole rings is 1. The lowest BCUT2D eigenvalue weighted by atomic mass is 9.93. The van der Waals surface area contributed by atoms with E-state index in [1.54, 1.807) is 11.1 Å². The van der Waals surface area contributed by atoms with Gasteiger partial charge in [0.1, 0.15) is 5.82 Å². The quantitative estimate of drug-likeness (QED) is 0.833. The van der Waals surface area contributed by atoms with Gasteiger partial charge in [-0.05, 0) is 30.5 Å². The summed E-state index contributed by atoms with van der Waals surface area (Å²) in [5.74, 6) is 3.01. The zero-order chi connectivity index (χ0) is 17.8. The summed E-state index contributed by atoms with van der Waals surface area (Å²) in [6.45, 7) is 8.13. The largest absolute Gasteiger partial charge is 0.428 e. The Labute approximate surface area is 153 Å². The summed E-state index contributed by atoms with van der Waals surface area (Å²) in [4.78, 5) is 18.5. The second kappa shape index (κ2) is 7.95.